The normalized spacial score (nSPS) is 12.1. The molecule has 66 heavy (non-hydrogen) atoms. The summed E-state index contributed by atoms with van der Waals surface area (Å²) in [7, 11) is 0. The summed E-state index contributed by atoms with van der Waals surface area (Å²) < 4.78 is 11.2. The van der Waals surface area contributed by atoms with E-state index in [0.29, 0.717) is 29.6 Å². The molecule has 0 aliphatic rings. The first-order valence-electron chi connectivity index (χ1n) is 22.1. The molecule has 12 aromatic rings. The second-order valence-corrected chi connectivity index (χ2v) is 16.7. The van der Waals surface area contributed by atoms with Gasteiger partial charge in [-0.15, -0.1) is 11.3 Å². The molecule has 8 heteroatoms. The Labute approximate surface area is 385 Å². The van der Waals surface area contributed by atoms with Gasteiger partial charge in [0.15, 0.2) is 17.5 Å². The van der Waals surface area contributed by atoms with Crippen molar-refractivity contribution in [3.8, 4) is 28.3 Å². The van der Waals surface area contributed by atoms with Gasteiger partial charge in [0.2, 0.25) is 0 Å². The maximum Gasteiger partial charge on any atom is 0.161 e. The molecule has 0 saturated heterocycles. The molecular weight excluding hydrogens is 829 g/mol. The van der Waals surface area contributed by atoms with Crippen LogP contribution in [0.4, 0.5) is 0 Å². The Hall–Kier alpha value is -8.33. The van der Waals surface area contributed by atoms with E-state index in [0.717, 1.165) is 82.2 Å². The Kier molecular flexibility index (Phi) is 10.6. The zero-order valence-electron chi connectivity index (χ0n) is 36.4. The van der Waals surface area contributed by atoms with E-state index in [1.165, 1.54) is 15.5 Å². The quantitative estimate of drug-likeness (QED) is 0.118. The third-order valence-electron chi connectivity index (χ3n) is 11.8. The molecule has 0 aliphatic heterocycles. The van der Waals surface area contributed by atoms with E-state index >= 15 is 0 Å². The zero-order valence-corrected chi connectivity index (χ0v) is 37.2. The van der Waals surface area contributed by atoms with Crippen molar-refractivity contribution in [2.24, 2.45) is 15.0 Å². The van der Waals surface area contributed by atoms with Crippen molar-refractivity contribution < 1.29 is 4.42 Å². The number of fused-ring (bicyclic) bond motifs is 9. The molecule has 12 rings (SSSR count). The minimum Gasteiger partial charge on any atom is -0.456 e. The van der Waals surface area contributed by atoms with Crippen molar-refractivity contribution in [3.05, 3.63) is 211 Å². The average molecular weight is 871 g/mol. The number of thiophene rings is 1. The number of amidine groups is 2. The lowest BCUT2D eigenvalue weighted by Gasteiger charge is -2.10. The number of aliphatic imine (C=N–C) groups is 3. The monoisotopic (exact) mass is 870 g/mol. The summed E-state index contributed by atoms with van der Waals surface area (Å²) in [5, 5.41) is 5.36. The molecular formula is C58H42N6OS. The van der Waals surface area contributed by atoms with Crippen molar-refractivity contribution in [1.82, 2.24) is 14.5 Å². The summed E-state index contributed by atoms with van der Waals surface area (Å²) in [5.74, 6) is 1.65. The fourth-order valence-electron chi connectivity index (χ4n) is 8.85. The van der Waals surface area contributed by atoms with E-state index in [1.54, 1.807) is 11.3 Å². The van der Waals surface area contributed by atoms with Crippen LogP contribution in [0.3, 0.4) is 0 Å². The molecule has 0 atom stereocenters. The molecule has 0 radical (unpaired) electrons. The highest BCUT2D eigenvalue weighted by molar-refractivity contribution is 7.26. The van der Waals surface area contributed by atoms with Gasteiger partial charge in [0.1, 0.15) is 11.2 Å². The fourth-order valence-corrected chi connectivity index (χ4v) is 10.0. The van der Waals surface area contributed by atoms with Crippen molar-refractivity contribution in [2.45, 2.75) is 20.4 Å². The van der Waals surface area contributed by atoms with Crippen molar-refractivity contribution in [2.75, 3.05) is 0 Å². The molecule has 0 saturated carbocycles. The molecule has 7 nitrogen and oxygen atoms in total. The second kappa shape index (κ2) is 17.3. The number of aromatic nitrogens is 3. The lowest BCUT2D eigenvalue weighted by Crippen LogP contribution is -2.06. The van der Waals surface area contributed by atoms with Gasteiger partial charge in [0.05, 0.1) is 33.5 Å². The summed E-state index contributed by atoms with van der Waals surface area (Å²) >= 11 is 1.73. The number of nitrogens with zero attached hydrogens (tertiary/aromatic N) is 6. The molecule has 0 amide bonds. The number of rotatable bonds is 7. The van der Waals surface area contributed by atoms with Crippen LogP contribution in [0.5, 0.6) is 0 Å². The van der Waals surface area contributed by atoms with E-state index in [-0.39, 0.29) is 0 Å². The Bertz CT molecular complexity index is 3830. The highest BCUT2D eigenvalue weighted by atomic mass is 32.1. The van der Waals surface area contributed by atoms with Crippen LogP contribution < -0.4 is 0 Å². The Balaban J connectivity index is 0.00000238. The summed E-state index contributed by atoms with van der Waals surface area (Å²) in [4.78, 5) is 25.2. The third-order valence-corrected chi connectivity index (χ3v) is 13.0. The van der Waals surface area contributed by atoms with Crippen LogP contribution in [0.15, 0.2) is 214 Å². The van der Waals surface area contributed by atoms with E-state index in [1.807, 2.05) is 80.6 Å². The first-order chi connectivity index (χ1) is 32.7. The van der Waals surface area contributed by atoms with Gasteiger partial charge in [0.25, 0.3) is 0 Å². The van der Waals surface area contributed by atoms with Gasteiger partial charge >= 0.3 is 0 Å². The molecule has 0 aliphatic carbocycles. The molecule has 4 heterocycles. The average Bonchev–Trinajstić information content (AvgIpc) is 4.07. The number of benzene rings is 8. The van der Waals surface area contributed by atoms with Gasteiger partial charge in [-0.25, -0.2) is 20.0 Å². The molecule has 0 N–H and O–H groups in total. The smallest absolute Gasteiger partial charge is 0.161 e. The maximum absolute atomic E-state index is 6.68. The minimum absolute atomic E-state index is 0.441. The van der Waals surface area contributed by atoms with Crippen molar-refractivity contribution in [1.29, 1.82) is 0 Å². The van der Waals surface area contributed by atoms with Gasteiger partial charge in [-0.2, -0.15) is 0 Å². The summed E-state index contributed by atoms with van der Waals surface area (Å²) in [6.07, 6.45) is 0. The van der Waals surface area contributed by atoms with Gasteiger partial charge in [-0.05, 0) is 60.8 Å². The number of furan rings is 1. The largest absolute Gasteiger partial charge is 0.456 e. The van der Waals surface area contributed by atoms with Gasteiger partial charge in [0, 0.05) is 59.6 Å². The predicted molar refractivity (Wildman–Crippen MR) is 278 cm³/mol. The third kappa shape index (κ3) is 7.14. The van der Waals surface area contributed by atoms with Crippen LogP contribution >= 0.6 is 11.3 Å². The van der Waals surface area contributed by atoms with E-state index in [9.17, 15) is 0 Å². The molecule has 0 spiro atoms. The highest BCUT2D eigenvalue weighted by Gasteiger charge is 2.21. The van der Waals surface area contributed by atoms with Crippen LogP contribution in [0.25, 0.3) is 92.4 Å². The molecule has 0 fully saturated rings. The summed E-state index contributed by atoms with van der Waals surface area (Å²) in [6.45, 7) is 8.31. The summed E-state index contributed by atoms with van der Waals surface area (Å²) in [5.41, 5.74) is 11.3. The minimum atomic E-state index is 0.441. The maximum atomic E-state index is 6.68. The number of para-hydroxylation sites is 2. The zero-order chi connectivity index (χ0) is 44.6. The Morgan fingerprint density at radius 1 is 0.591 bits per heavy atom. The number of hydrogen-bond donors (Lipinski definition) is 0. The van der Waals surface area contributed by atoms with Gasteiger partial charge < -0.3 is 8.98 Å². The van der Waals surface area contributed by atoms with Crippen molar-refractivity contribution in [3.63, 3.8) is 0 Å². The SMILES string of the molecule is C=NC(=NC(=NCc1ccccc1)c1cccc2oc3cc(-c4nc(-c5ccc6c7ccccc7n(-c7ccccc7)c6c5)c5sc6ccccc6c5n4)ccc3c12)c1ccccc1.CC. The lowest BCUT2D eigenvalue weighted by atomic mass is 10.0. The standard InChI is InChI=1S/C56H36N6OS.C2H6/c1-57-54(36-18-7-3-8-19-36)61-56(58-34-35-16-5-2-6-17-35)44-24-15-26-47-50(44)42-31-29-38(33-48(42)63-47)55-59-51(53-52(60-55)43-23-12-14-27-49(43)64-53)37-28-30-41-40-22-11-13-25-45(40)62(46(41)32-37)39-20-9-4-10-21-39;1-2/h2-33H,1,34H2;1-2H3. The van der Waals surface area contributed by atoms with Crippen molar-refractivity contribution >= 4 is 93.8 Å². The van der Waals surface area contributed by atoms with E-state index in [2.05, 4.69) is 144 Å². The first-order valence-corrected chi connectivity index (χ1v) is 22.9. The predicted octanol–water partition coefficient (Wildman–Crippen LogP) is 15.3. The molecule has 0 bridgehead atoms. The Morgan fingerprint density at radius 3 is 2.08 bits per heavy atom. The van der Waals surface area contributed by atoms with Gasteiger partial charge in [-0.3, -0.25) is 4.99 Å². The fraction of sp³-hybridized carbons (Fsp3) is 0.0517. The van der Waals surface area contributed by atoms with Crippen LogP contribution in [-0.2, 0) is 6.54 Å². The first kappa shape index (κ1) is 40.4. The van der Waals surface area contributed by atoms with Crippen LogP contribution in [-0.4, -0.2) is 32.9 Å². The number of hydrogen-bond acceptors (Lipinski definition) is 5. The molecule has 0 unspecified atom stereocenters. The van der Waals surface area contributed by atoms with Crippen LogP contribution in [0.2, 0.25) is 0 Å². The van der Waals surface area contributed by atoms with E-state index in [4.69, 9.17) is 24.4 Å². The van der Waals surface area contributed by atoms with Gasteiger partial charge in [-0.1, -0.05) is 159 Å². The Morgan fingerprint density at radius 2 is 1.27 bits per heavy atom. The molecule has 4 aromatic heterocycles. The van der Waals surface area contributed by atoms with Crippen LogP contribution in [0.1, 0.15) is 30.5 Å². The van der Waals surface area contributed by atoms with E-state index < -0.39 is 0 Å². The topological polar surface area (TPSA) is 80.9 Å². The lowest BCUT2D eigenvalue weighted by molar-refractivity contribution is 0.669. The van der Waals surface area contributed by atoms with Crippen LogP contribution in [0, 0.1) is 0 Å². The summed E-state index contributed by atoms with van der Waals surface area (Å²) in [6, 6.07) is 66.7. The second-order valence-electron chi connectivity index (χ2n) is 15.7. The molecule has 8 aromatic carbocycles. The molecule has 316 valence electrons. The highest BCUT2D eigenvalue weighted by Crippen LogP contribution is 2.42.